The number of benzene rings is 3. The molecule has 2 atom stereocenters. The molecule has 0 saturated heterocycles. The van der Waals surface area contributed by atoms with Gasteiger partial charge in [0.15, 0.2) is 11.5 Å². The molecule has 0 bridgehead atoms. The van der Waals surface area contributed by atoms with E-state index in [0.717, 1.165) is 59.8 Å². The SMILES string of the molecule is CCCCOc1ccc([C@H]2Oc3ccccc3[C@@H]3CC(c4ccc(OC)c(OC)c4)=NN23)cc1. The highest BCUT2D eigenvalue weighted by Crippen LogP contribution is 2.47. The molecule has 2 aliphatic rings. The minimum absolute atomic E-state index is 0.0959. The van der Waals surface area contributed by atoms with Crippen LogP contribution < -0.4 is 18.9 Å². The second-order valence-corrected chi connectivity index (χ2v) is 8.50. The molecule has 0 unspecified atom stereocenters. The number of ether oxygens (including phenoxy) is 4. The van der Waals surface area contributed by atoms with Gasteiger partial charge in [0.05, 0.1) is 32.6 Å². The van der Waals surface area contributed by atoms with E-state index in [0.29, 0.717) is 11.5 Å². The molecule has 5 rings (SSSR count). The molecule has 3 aromatic carbocycles. The van der Waals surface area contributed by atoms with Crippen LogP contribution in [-0.2, 0) is 0 Å². The van der Waals surface area contributed by atoms with Gasteiger partial charge in [-0.15, -0.1) is 0 Å². The highest BCUT2D eigenvalue weighted by atomic mass is 16.5. The van der Waals surface area contributed by atoms with Crippen molar-refractivity contribution in [2.75, 3.05) is 20.8 Å². The van der Waals surface area contributed by atoms with E-state index in [2.05, 4.69) is 36.2 Å². The Morgan fingerprint density at radius 1 is 0.971 bits per heavy atom. The van der Waals surface area contributed by atoms with Crippen LogP contribution in [0.25, 0.3) is 0 Å². The van der Waals surface area contributed by atoms with E-state index < -0.39 is 0 Å². The monoisotopic (exact) mass is 458 g/mol. The normalized spacial score (nSPS) is 18.4. The zero-order valence-corrected chi connectivity index (χ0v) is 19.9. The highest BCUT2D eigenvalue weighted by Gasteiger charge is 2.40. The van der Waals surface area contributed by atoms with Crippen molar-refractivity contribution in [3.05, 3.63) is 83.4 Å². The predicted octanol–water partition coefficient (Wildman–Crippen LogP) is 6.13. The first kappa shape index (κ1) is 22.1. The fourth-order valence-electron chi connectivity index (χ4n) is 4.51. The molecule has 0 amide bonds. The van der Waals surface area contributed by atoms with E-state index in [1.165, 1.54) is 0 Å². The Kier molecular flexibility index (Phi) is 6.30. The van der Waals surface area contributed by atoms with Crippen molar-refractivity contribution in [3.63, 3.8) is 0 Å². The topological polar surface area (TPSA) is 52.5 Å². The van der Waals surface area contributed by atoms with Gasteiger partial charge < -0.3 is 18.9 Å². The lowest BCUT2D eigenvalue weighted by Crippen LogP contribution is -2.33. The van der Waals surface area contributed by atoms with Crippen molar-refractivity contribution in [1.82, 2.24) is 5.01 Å². The maximum atomic E-state index is 6.47. The molecular formula is C28H30N2O4. The van der Waals surface area contributed by atoms with Crippen LogP contribution in [0.5, 0.6) is 23.0 Å². The van der Waals surface area contributed by atoms with E-state index in [9.17, 15) is 0 Å². The van der Waals surface area contributed by atoms with Gasteiger partial charge in [-0.05, 0) is 55.0 Å². The molecule has 34 heavy (non-hydrogen) atoms. The molecule has 6 heteroatoms. The van der Waals surface area contributed by atoms with Crippen LogP contribution in [0.4, 0.5) is 0 Å². The standard InChI is InChI=1S/C28H30N2O4/c1-4-5-16-33-21-13-10-19(11-14-21)28-30-24(22-8-6-7-9-25(22)34-28)18-23(29-30)20-12-15-26(31-2)27(17-20)32-3/h6-15,17,24,28H,4-5,16,18H2,1-3H3/t24-,28+/m0/s1. The second kappa shape index (κ2) is 9.67. The van der Waals surface area contributed by atoms with Crippen LogP contribution in [0.15, 0.2) is 71.8 Å². The van der Waals surface area contributed by atoms with E-state index in [1.807, 2.05) is 42.5 Å². The molecule has 3 aromatic rings. The van der Waals surface area contributed by atoms with E-state index in [-0.39, 0.29) is 12.3 Å². The van der Waals surface area contributed by atoms with Gasteiger partial charge in [0.25, 0.3) is 0 Å². The number of rotatable bonds is 8. The largest absolute Gasteiger partial charge is 0.494 e. The van der Waals surface area contributed by atoms with Crippen molar-refractivity contribution in [2.45, 2.75) is 38.5 Å². The molecule has 0 aliphatic carbocycles. The average molecular weight is 459 g/mol. The molecule has 2 aliphatic heterocycles. The van der Waals surface area contributed by atoms with Gasteiger partial charge in [0.1, 0.15) is 11.5 Å². The molecule has 0 aromatic heterocycles. The minimum atomic E-state index is -0.317. The number of unbranched alkanes of at least 4 members (excludes halogenated alkanes) is 1. The van der Waals surface area contributed by atoms with Gasteiger partial charge in [0, 0.05) is 23.1 Å². The second-order valence-electron chi connectivity index (χ2n) is 8.50. The summed E-state index contributed by atoms with van der Waals surface area (Å²) in [6.07, 6.45) is 2.63. The van der Waals surface area contributed by atoms with E-state index in [4.69, 9.17) is 24.0 Å². The molecule has 0 saturated carbocycles. The first-order chi connectivity index (χ1) is 16.7. The summed E-state index contributed by atoms with van der Waals surface area (Å²) in [7, 11) is 3.29. The lowest BCUT2D eigenvalue weighted by Gasteiger charge is -2.38. The first-order valence-corrected chi connectivity index (χ1v) is 11.8. The van der Waals surface area contributed by atoms with Crippen LogP contribution in [0.2, 0.25) is 0 Å². The zero-order chi connectivity index (χ0) is 23.5. The number of methoxy groups -OCH3 is 2. The maximum Gasteiger partial charge on any atom is 0.213 e. The fourth-order valence-corrected chi connectivity index (χ4v) is 4.51. The Balaban J connectivity index is 1.47. The smallest absolute Gasteiger partial charge is 0.213 e. The Morgan fingerprint density at radius 2 is 1.76 bits per heavy atom. The van der Waals surface area contributed by atoms with Gasteiger partial charge in [-0.25, -0.2) is 5.01 Å². The molecule has 0 radical (unpaired) electrons. The molecule has 6 nitrogen and oxygen atoms in total. The summed E-state index contributed by atoms with van der Waals surface area (Å²) in [6.45, 7) is 2.89. The molecule has 0 spiro atoms. The quantitative estimate of drug-likeness (QED) is 0.380. The van der Waals surface area contributed by atoms with Gasteiger partial charge >= 0.3 is 0 Å². The molecular weight excluding hydrogens is 428 g/mol. The van der Waals surface area contributed by atoms with E-state index >= 15 is 0 Å². The van der Waals surface area contributed by atoms with Crippen LogP contribution in [0.1, 0.15) is 55.1 Å². The number of fused-ring (bicyclic) bond motifs is 3. The Morgan fingerprint density at radius 3 is 2.53 bits per heavy atom. The molecule has 2 heterocycles. The van der Waals surface area contributed by atoms with Crippen molar-refractivity contribution in [1.29, 1.82) is 0 Å². The summed E-state index contributed by atoms with van der Waals surface area (Å²) in [6, 6.07) is 22.4. The summed E-state index contributed by atoms with van der Waals surface area (Å²) in [5.74, 6) is 3.18. The third kappa shape index (κ3) is 4.16. The van der Waals surface area contributed by atoms with Crippen LogP contribution >= 0.6 is 0 Å². The van der Waals surface area contributed by atoms with Crippen molar-refractivity contribution in [2.24, 2.45) is 5.10 Å². The summed E-state index contributed by atoms with van der Waals surface area (Å²) in [5, 5.41) is 7.13. The van der Waals surface area contributed by atoms with Crippen molar-refractivity contribution < 1.29 is 18.9 Å². The summed E-state index contributed by atoms with van der Waals surface area (Å²) in [4.78, 5) is 0. The average Bonchev–Trinajstić information content (AvgIpc) is 3.34. The number of para-hydroxylation sites is 1. The Labute approximate surface area is 200 Å². The zero-order valence-electron chi connectivity index (χ0n) is 19.9. The van der Waals surface area contributed by atoms with Crippen LogP contribution in [0.3, 0.4) is 0 Å². The fraction of sp³-hybridized carbons (Fsp3) is 0.321. The summed E-state index contributed by atoms with van der Waals surface area (Å²) in [5.41, 5.74) is 4.20. The number of hydrogen-bond donors (Lipinski definition) is 0. The lowest BCUT2D eigenvalue weighted by molar-refractivity contribution is -0.0190. The molecule has 0 fully saturated rings. The minimum Gasteiger partial charge on any atom is -0.494 e. The van der Waals surface area contributed by atoms with Crippen LogP contribution in [0, 0.1) is 0 Å². The summed E-state index contributed by atoms with van der Waals surface area (Å²) >= 11 is 0. The Bertz CT molecular complexity index is 1180. The third-order valence-corrected chi connectivity index (χ3v) is 6.35. The highest BCUT2D eigenvalue weighted by molar-refractivity contribution is 6.02. The third-order valence-electron chi connectivity index (χ3n) is 6.35. The lowest BCUT2D eigenvalue weighted by atomic mass is 9.96. The van der Waals surface area contributed by atoms with E-state index in [1.54, 1.807) is 14.2 Å². The van der Waals surface area contributed by atoms with Gasteiger partial charge in [0.2, 0.25) is 6.23 Å². The van der Waals surface area contributed by atoms with Crippen molar-refractivity contribution in [3.8, 4) is 23.0 Å². The first-order valence-electron chi connectivity index (χ1n) is 11.8. The number of nitrogens with zero attached hydrogens (tertiary/aromatic N) is 2. The van der Waals surface area contributed by atoms with Gasteiger partial charge in [-0.3, -0.25) is 0 Å². The maximum absolute atomic E-state index is 6.47. The predicted molar refractivity (Wildman–Crippen MR) is 132 cm³/mol. The summed E-state index contributed by atoms with van der Waals surface area (Å²) < 4.78 is 23.2. The van der Waals surface area contributed by atoms with Crippen LogP contribution in [-0.4, -0.2) is 31.5 Å². The Hall–Kier alpha value is -3.67. The van der Waals surface area contributed by atoms with Gasteiger partial charge in [-0.1, -0.05) is 31.5 Å². The number of hydrazone groups is 1. The number of hydrogen-bond acceptors (Lipinski definition) is 6. The van der Waals surface area contributed by atoms with Gasteiger partial charge in [-0.2, -0.15) is 5.10 Å². The molecule has 0 N–H and O–H groups in total. The van der Waals surface area contributed by atoms with Crippen molar-refractivity contribution >= 4 is 5.71 Å². The molecule has 176 valence electrons.